The van der Waals surface area contributed by atoms with Crippen LogP contribution in [0.5, 0.6) is 11.5 Å². The van der Waals surface area contributed by atoms with Crippen molar-refractivity contribution < 1.29 is 14.3 Å². The zero-order valence-electron chi connectivity index (χ0n) is 13.8. The van der Waals surface area contributed by atoms with Gasteiger partial charge in [0.15, 0.2) is 11.5 Å². The number of amides is 1. The Bertz CT molecular complexity index is 735. The predicted octanol–water partition coefficient (Wildman–Crippen LogP) is 3.97. The minimum atomic E-state index is -0.197. The normalized spacial score (nSPS) is 10.6. The molecule has 120 valence electrons. The standard InChI is InChI=1S/C19H21NO3/c1-13-5-6-15(14(2)11-13)7-10-19(21)20-16-8-9-17(22-3)18(12-16)23-4/h5-12H,1-4H3,(H,20,21)/b10-7+. The van der Waals surface area contributed by atoms with Crippen molar-refractivity contribution in [3.8, 4) is 11.5 Å². The van der Waals surface area contributed by atoms with Crippen LogP contribution in [-0.2, 0) is 4.79 Å². The average Bonchev–Trinajstić information content (AvgIpc) is 2.54. The van der Waals surface area contributed by atoms with Crippen LogP contribution >= 0.6 is 0 Å². The summed E-state index contributed by atoms with van der Waals surface area (Å²) in [5.74, 6) is 0.997. The van der Waals surface area contributed by atoms with E-state index in [1.807, 2.05) is 32.1 Å². The number of carbonyl (C=O) groups excluding carboxylic acids is 1. The molecule has 0 atom stereocenters. The van der Waals surface area contributed by atoms with Crippen LogP contribution in [0.4, 0.5) is 5.69 Å². The highest BCUT2D eigenvalue weighted by atomic mass is 16.5. The molecule has 0 spiro atoms. The lowest BCUT2D eigenvalue weighted by atomic mass is 10.1. The highest BCUT2D eigenvalue weighted by molar-refractivity contribution is 6.02. The molecule has 0 aromatic heterocycles. The zero-order chi connectivity index (χ0) is 16.8. The third kappa shape index (κ3) is 4.36. The molecule has 2 aromatic carbocycles. The Morgan fingerprint density at radius 3 is 2.39 bits per heavy atom. The Hall–Kier alpha value is -2.75. The number of hydrogen-bond acceptors (Lipinski definition) is 3. The molecule has 0 radical (unpaired) electrons. The van der Waals surface area contributed by atoms with E-state index in [0.29, 0.717) is 17.2 Å². The molecule has 4 nitrogen and oxygen atoms in total. The molecule has 23 heavy (non-hydrogen) atoms. The molecular formula is C19H21NO3. The van der Waals surface area contributed by atoms with Crippen LogP contribution < -0.4 is 14.8 Å². The second kappa shape index (κ2) is 7.49. The molecule has 0 saturated carbocycles. The molecule has 0 bridgehead atoms. The fourth-order valence-electron chi connectivity index (χ4n) is 2.28. The van der Waals surface area contributed by atoms with E-state index in [1.165, 1.54) is 11.6 Å². The first-order valence-electron chi connectivity index (χ1n) is 7.32. The van der Waals surface area contributed by atoms with Crippen LogP contribution in [0, 0.1) is 13.8 Å². The Morgan fingerprint density at radius 2 is 1.74 bits per heavy atom. The molecule has 2 aromatic rings. The van der Waals surface area contributed by atoms with Crippen LogP contribution in [0.1, 0.15) is 16.7 Å². The highest BCUT2D eigenvalue weighted by Gasteiger charge is 2.06. The molecule has 4 heteroatoms. The summed E-state index contributed by atoms with van der Waals surface area (Å²) < 4.78 is 10.4. The monoisotopic (exact) mass is 311 g/mol. The fourth-order valence-corrected chi connectivity index (χ4v) is 2.28. The molecule has 1 N–H and O–H groups in total. The topological polar surface area (TPSA) is 47.6 Å². The predicted molar refractivity (Wildman–Crippen MR) is 93.1 cm³/mol. The summed E-state index contributed by atoms with van der Waals surface area (Å²) in [6.07, 6.45) is 3.33. The number of nitrogens with one attached hydrogen (secondary N) is 1. The first-order chi connectivity index (χ1) is 11.0. The number of rotatable bonds is 5. The Morgan fingerprint density at radius 1 is 1.00 bits per heavy atom. The zero-order valence-corrected chi connectivity index (χ0v) is 13.8. The van der Waals surface area contributed by atoms with Gasteiger partial charge in [0.1, 0.15) is 0 Å². The Labute approximate surface area is 136 Å². The van der Waals surface area contributed by atoms with Gasteiger partial charge >= 0.3 is 0 Å². The van der Waals surface area contributed by atoms with Gasteiger partial charge in [-0.25, -0.2) is 0 Å². The molecule has 0 fully saturated rings. The van der Waals surface area contributed by atoms with Crippen LogP contribution in [0.25, 0.3) is 6.08 Å². The summed E-state index contributed by atoms with van der Waals surface area (Å²) in [6.45, 7) is 4.07. The molecule has 0 saturated heterocycles. The second-order valence-corrected chi connectivity index (χ2v) is 5.25. The van der Waals surface area contributed by atoms with Gasteiger partial charge in [0, 0.05) is 17.8 Å². The van der Waals surface area contributed by atoms with E-state index < -0.39 is 0 Å². The molecule has 2 rings (SSSR count). The van der Waals surface area contributed by atoms with E-state index in [-0.39, 0.29) is 5.91 Å². The van der Waals surface area contributed by atoms with Crippen molar-refractivity contribution >= 4 is 17.7 Å². The van der Waals surface area contributed by atoms with Gasteiger partial charge in [0.2, 0.25) is 5.91 Å². The van der Waals surface area contributed by atoms with Crippen molar-refractivity contribution in [1.29, 1.82) is 0 Å². The average molecular weight is 311 g/mol. The van der Waals surface area contributed by atoms with Gasteiger partial charge < -0.3 is 14.8 Å². The van der Waals surface area contributed by atoms with E-state index in [1.54, 1.807) is 32.4 Å². The third-order valence-electron chi connectivity index (χ3n) is 3.49. The number of benzene rings is 2. The van der Waals surface area contributed by atoms with Crippen molar-refractivity contribution in [2.24, 2.45) is 0 Å². The maximum absolute atomic E-state index is 12.0. The summed E-state index contributed by atoms with van der Waals surface area (Å²) in [6, 6.07) is 11.4. The summed E-state index contributed by atoms with van der Waals surface area (Å²) in [5, 5.41) is 2.81. The van der Waals surface area contributed by atoms with E-state index in [2.05, 4.69) is 11.4 Å². The molecule has 0 unspecified atom stereocenters. The maximum atomic E-state index is 12.0. The van der Waals surface area contributed by atoms with Gasteiger partial charge in [-0.1, -0.05) is 23.8 Å². The van der Waals surface area contributed by atoms with Crippen LogP contribution in [0.3, 0.4) is 0 Å². The number of anilines is 1. The van der Waals surface area contributed by atoms with Crippen molar-refractivity contribution in [3.63, 3.8) is 0 Å². The summed E-state index contributed by atoms with van der Waals surface area (Å²) >= 11 is 0. The Kier molecular flexibility index (Phi) is 5.41. The van der Waals surface area contributed by atoms with Crippen molar-refractivity contribution in [2.45, 2.75) is 13.8 Å². The van der Waals surface area contributed by atoms with E-state index in [0.717, 1.165) is 11.1 Å². The van der Waals surface area contributed by atoms with Gasteiger partial charge in [-0.3, -0.25) is 4.79 Å². The molecular weight excluding hydrogens is 290 g/mol. The van der Waals surface area contributed by atoms with Crippen LogP contribution in [0.2, 0.25) is 0 Å². The smallest absolute Gasteiger partial charge is 0.248 e. The summed E-state index contributed by atoms with van der Waals surface area (Å²) in [4.78, 5) is 12.0. The lowest BCUT2D eigenvalue weighted by Crippen LogP contribution is -2.08. The molecule has 0 aliphatic carbocycles. The minimum Gasteiger partial charge on any atom is -0.493 e. The Balaban J connectivity index is 2.08. The van der Waals surface area contributed by atoms with Gasteiger partial charge in [0.25, 0.3) is 0 Å². The fraction of sp³-hybridized carbons (Fsp3) is 0.211. The van der Waals surface area contributed by atoms with Gasteiger partial charge in [-0.05, 0) is 43.2 Å². The maximum Gasteiger partial charge on any atom is 0.248 e. The van der Waals surface area contributed by atoms with Crippen molar-refractivity contribution in [1.82, 2.24) is 0 Å². The lowest BCUT2D eigenvalue weighted by molar-refractivity contribution is -0.111. The van der Waals surface area contributed by atoms with Crippen molar-refractivity contribution in [3.05, 3.63) is 59.2 Å². The minimum absolute atomic E-state index is 0.197. The first-order valence-corrected chi connectivity index (χ1v) is 7.32. The van der Waals surface area contributed by atoms with Gasteiger partial charge in [-0.15, -0.1) is 0 Å². The van der Waals surface area contributed by atoms with Crippen LogP contribution in [-0.4, -0.2) is 20.1 Å². The number of hydrogen-bond donors (Lipinski definition) is 1. The number of methoxy groups -OCH3 is 2. The molecule has 0 aliphatic heterocycles. The van der Waals surface area contributed by atoms with Crippen molar-refractivity contribution in [2.75, 3.05) is 19.5 Å². The lowest BCUT2D eigenvalue weighted by Gasteiger charge is -2.09. The SMILES string of the molecule is COc1ccc(NC(=O)/C=C/c2ccc(C)cc2C)cc1OC. The largest absolute Gasteiger partial charge is 0.493 e. The van der Waals surface area contributed by atoms with E-state index in [9.17, 15) is 4.79 Å². The molecule has 0 aliphatic rings. The quantitative estimate of drug-likeness (QED) is 0.850. The van der Waals surface area contributed by atoms with E-state index in [4.69, 9.17) is 9.47 Å². The molecule has 0 heterocycles. The van der Waals surface area contributed by atoms with Gasteiger partial charge in [-0.2, -0.15) is 0 Å². The number of ether oxygens (including phenoxy) is 2. The number of aryl methyl sites for hydroxylation is 2. The summed E-state index contributed by atoms with van der Waals surface area (Å²) in [5.41, 5.74) is 4.02. The first kappa shape index (κ1) is 16.6. The van der Waals surface area contributed by atoms with Gasteiger partial charge in [0.05, 0.1) is 14.2 Å². The third-order valence-corrected chi connectivity index (χ3v) is 3.49. The second-order valence-electron chi connectivity index (χ2n) is 5.25. The number of carbonyl (C=O) groups is 1. The molecule has 1 amide bonds. The van der Waals surface area contributed by atoms with E-state index >= 15 is 0 Å². The highest BCUT2D eigenvalue weighted by Crippen LogP contribution is 2.29. The van der Waals surface area contributed by atoms with Crippen LogP contribution in [0.15, 0.2) is 42.5 Å². The summed E-state index contributed by atoms with van der Waals surface area (Å²) in [7, 11) is 3.13.